The molecule has 0 aliphatic rings. The van der Waals surface area contributed by atoms with E-state index < -0.39 is 0 Å². The molecule has 2 rings (SSSR count). The van der Waals surface area contributed by atoms with Gasteiger partial charge in [-0.1, -0.05) is 18.2 Å². The third-order valence-corrected chi connectivity index (χ3v) is 3.77. The van der Waals surface area contributed by atoms with Gasteiger partial charge in [0.25, 0.3) is 0 Å². The zero-order valence-corrected chi connectivity index (χ0v) is 12.8. The van der Waals surface area contributed by atoms with Crippen LogP contribution in [0.4, 0.5) is 4.39 Å². The van der Waals surface area contributed by atoms with E-state index in [2.05, 4.69) is 24.4 Å². The van der Waals surface area contributed by atoms with Crippen molar-refractivity contribution in [1.29, 1.82) is 0 Å². The molecule has 1 unspecified atom stereocenters. The molecule has 0 fully saturated rings. The molecular weight excluding hydrogens is 265 g/mol. The summed E-state index contributed by atoms with van der Waals surface area (Å²) in [6.45, 7) is 4.95. The molecule has 0 aromatic heterocycles. The quantitative estimate of drug-likeness (QED) is 0.866. The fourth-order valence-corrected chi connectivity index (χ4v) is 2.37. The van der Waals surface area contributed by atoms with E-state index in [9.17, 15) is 4.39 Å². The molecule has 0 amide bonds. The highest BCUT2D eigenvalue weighted by molar-refractivity contribution is 5.29. The van der Waals surface area contributed by atoms with Crippen molar-refractivity contribution in [2.45, 2.75) is 26.3 Å². The summed E-state index contributed by atoms with van der Waals surface area (Å²) >= 11 is 0. The molecule has 0 saturated carbocycles. The molecule has 0 saturated heterocycles. The van der Waals surface area contributed by atoms with Gasteiger partial charge in [0.05, 0.1) is 7.11 Å². The van der Waals surface area contributed by atoms with Gasteiger partial charge in [-0.15, -0.1) is 0 Å². The van der Waals surface area contributed by atoms with E-state index in [0.29, 0.717) is 0 Å². The Hall–Kier alpha value is -1.87. The second-order valence-electron chi connectivity index (χ2n) is 5.27. The molecule has 0 bridgehead atoms. The van der Waals surface area contributed by atoms with Gasteiger partial charge in [-0.3, -0.25) is 0 Å². The average molecular weight is 287 g/mol. The molecule has 1 N–H and O–H groups in total. The Morgan fingerprint density at radius 2 is 1.86 bits per heavy atom. The van der Waals surface area contributed by atoms with E-state index in [1.807, 2.05) is 25.1 Å². The molecule has 0 radical (unpaired) electrons. The van der Waals surface area contributed by atoms with Crippen molar-refractivity contribution < 1.29 is 9.13 Å². The SMILES string of the molecule is COc1ccc(C(C)NCCc2ccc(F)cc2C)cc1. The van der Waals surface area contributed by atoms with Gasteiger partial charge in [-0.2, -0.15) is 0 Å². The van der Waals surface area contributed by atoms with E-state index in [-0.39, 0.29) is 11.9 Å². The molecular formula is C18H22FNO. The predicted molar refractivity (Wildman–Crippen MR) is 84.3 cm³/mol. The highest BCUT2D eigenvalue weighted by atomic mass is 19.1. The molecule has 0 aliphatic carbocycles. The lowest BCUT2D eigenvalue weighted by Crippen LogP contribution is -2.21. The van der Waals surface area contributed by atoms with Gasteiger partial charge in [0, 0.05) is 6.04 Å². The minimum absolute atomic E-state index is 0.171. The minimum atomic E-state index is -0.171. The number of rotatable bonds is 6. The number of nitrogens with one attached hydrogen (secondary N) is 1. The Bertz CT molecular complexity index is 580. The number of hydrogen-bond acceptors (Lipinski definition) is 2. The van der Waals surface area contributed by atoms with Crippen LogP contribution in [0.3, 0.4) is 0 Å². The summed E-state index contributed by atoms with van der Waals surface area (Å²) in [5.74, 6) is 0.698. The van der Waals surface area contributed by atoms with Crippen molar-refractivity contribution in [3.63, 3.8) is 0 Å². The second kappa shape index (κ2) is 7.23. The number of ether oxygens (including phenoxy) is 1. The molecule has 0 heterocycles. The first kappa shape index (κ1) is 15.5. The maximum Gasteiger partial charge on any atom is 0.123 e. The first-order valence-electron chi connectivity index (χ1n) is 7.22. The van der Waals surface area contributed by atoms with E-state index in [1.54, 1.807) is 13.2 Å². The van der Waals surface area contributed by atoms with Crippen LogP contribution in [0.15, 0.2) is 42.5 Å². The van der Waals surface area contributed by atoms with Crippen LogP contribution >= 0.6 is 0 Å². The predicted octanol–water partition coefficient (Wildman–Crippen LogP) is 4.04. The standard InChI is InChI=1S/C18H22FNO/c1-13-12-17(19)7-4-15(13)10-11-20-14(2)16-5-8-18(21-3)9-6-16/h4-9,12,14,20H,10-11H2,1-3H3. The van der Waals surface area contributed by atoms with Gasteiger partial charge in [-0.05, 0) is 67.8 Å². The summed E-state index contributed by atoms with van der Waals surface area (Å²) < 4.78 is 18.2. The lowest BCUT2D eigenvalue weighted by Gasteiger charge is -2.15. The summed E-state index contributed by atoms with van der Waals surface area (Å²) in [4.78, 5) is 0. The van der Waals surface area contributed by atoms with Crippen LogP contribution in [0.5, 0.6) is 5.75 Å². The number of benzene rings is 2. The number of aryl methyl sites for hydroxylation is 1. The monoisotopic (exact) mass is 287 g/mol. The van der Waals surface area contributed by atoms with Crippen LogP contribution in [0.25, 0.3) is 0 Å². The van der Waals surface area contributed by atoms with E-state index >= 15 is 0 Å². The first-order valence-corrected chi connectivity index (χ1v) is 7.22. The molecule has 2 aromatic carbocycles. The molecule has 0 aliphatic heterocycles. The fraction of sp³-hybridized carbons (Fsp3) is 0.333. The Balaban J connectivity index is 1.87. The molecule has 0 spiro atoms. The van der Waals surface area contributed by atoms with Gasteiger partial charge in [0.1, 0.15) is 11.6 Å². The summed E-state index contributed by atoms with van der Waals surface area (Å²) in [5, 5.41) is 3.49. The third kappa shape index (κ3) is 4.30. The van der Waals surface area contributed by atoms with Crippen LogP contribution in [0.1, 0.15) is 29.7 Å². The molecule has 112 valence electrons. The second-order valence-corrected chi connectivity index (χ2v) is 5.27. The van der Waals surface area contributed by atoms with Crippen LogP contribution in [0.2, 0.25) is 0 Å². The first-order chi connectivity index (χ1) is 10.1. The van der Waals surface area contributed by atoms with E-state index in [1.165, 1.54) is 17.2 Å². The molecule has 2 aromatic rings. The van der Waals surface area contributed by atoms with Gasteiger partial charge >= 0.3 is 0 Å². The lowest BCUT2D eigenvalue weighted by molar-refractivity contribution is 0.414. The highest BCUT2D eigenvalue weighted by Crippen LogP contribution is 2.17. The van der Waals surface area contributed by atoms with Gasteiger partial charge in [0.15, 0.2) is 0 Å². The molecule has 3 heteroatoms. The van der Waals surface area contributed by atoms with Gasteiger partial charge < -0.3 is 10.1 Å². The average Bonchev–Trinajstić information content (AvgIpc) is 2.49. The smallest absolute Gasteiger partial charge is 0.123 e. The molecule has 21 heavy (non-hydrogen) atoms. The maximum atomic E-state index is 13.1. The van der Waals surface area contributed by atoms with E-state index in [4.69, 9.17) is 4.74 Å². The number of hydrogen-bond donors (Lipinski definition) is 1. The van der Waals surface area contributed by atoms with Crippen molar-refractivity contribution >= 4 is 0 Å². The Kier molecular flexibility index (Phi) is 5.34. The summed E-state index contributed by atoms with van der Waals surface area (Å²) in [6.07, 6.45) is 0.895. The van der Waals surface area contributed by atoms with Gasteiger partial charge in [0.2, 0.25) is 0 Å². The van der Waals surface area contributed by atoms with Crippen molar-refractivity contribution in [3.8, 4) is 5.75 Å². The van der Waals surface area contributed by atoms with Crippen molar-refractivity contribution in [2.75, 3.05) is 13.7 Å². The molecule has 2 nitrogen and oxygen atoms in total. The Labute approximate surface area is 126 Å². The fourth-order valence-electron chi connectivity index (χ4n) is 2.37. The normalized spacial score (nSPS) is 12.2. The summed E-state index contributed by atoms with van der Waals surface area (Å²) in [7, 11) is 1.67. The van der Waals surface area contributed by atoms with Crippen molar-refractivity contribution in [1.82, 2.24) is 5.32 Å². The van der Waals surface area contributed by atoms with Gasteiger partial charge in [-0.25, -0.2) is 4.39 Å². The summed E-state index contributed by atoms with van der Waals surface area (Å²) in [5.41, 5.74) is 3.42. The Morgan fingerprint density at radius 1 is 1.14 bits per heavy atom. The van der Waals surface area contributed by atoms with Crippen LogP contribution in [-0.2, 0) is 6.42 Å². The van der Waals surface area contributed by atoms with Crippen LogP contribution in [0, 0.1) is 12.7 Å². The lowest BCUT2D eigenvalue weighted by atomic mass is 10.0. The van der Waals surface area contributed by atoms with Crippen LogP contribution in [-0.4, -0.2) is 13.7 Å². The highest BCUT2D eigenvalue weighted by Gasteiger charge is 2.06. The topological polar surface area (TPSA) is 21.3 Å². The van der Waals surface area contributed by atoms with Crippen molar-refractivity contribution in [2.24, 2.45) is 0 Å². The maximum absolute atomic E-state index is 13.1. The Morgan fingerprint density at radius 3 is 2.48 bits per heavy atom. The van der Waals surface area contributed by atoms with Crippen molar-refractivity contribution in [3.05, 3.63) is 65.0 Å². The third-order valence-electron chi connectivity index (χ3n) is 3.77. The zero-order chi connectivity index (χ0) is 15.2. The van der Waals surface area contributed by atoms with Crippen LogP contribution < -0.4 is 10.1 Å². The summed E-state index contributed by atoms with van der Waals surface area (Å²) in [6, 6.07) is 13.3. The number of methoxy groups -OCH3 is 1. The number of halogens is 1. The largest absolute Gasteiger partial charge is 0.497 e. The van der Waals surface area contributed by atoms with E-state index in [0.717, 1.165) is 24.3 Å². The molecule has 1 atom stereocenters. The minimum Gasteiger partial charge on any atom is -0.497 e. The zero-order valence-electron chi connectivity index (χ0n) is 12.8.